The third kappa shape index (κ3) is 5.69. The molecular formula is C37H52NO5+. The van der Waals surface area contributed by atoms with Crippen LogP contribution in [0.3, 0.4) is 0 Å². The summed E-state index contributed by atoms with van der Waals surface area (Å²) in [4.78, 5) is 25.6. The fourth-order valence-electron chi connectivity index (χ4n) is 9.73. The fourth-order valence-corrected chi connectivity index (χ4v) is 9.73. The summed E-state index contributed by atoms with van der Waals surface area (Å²) in [5.41, 5.74) is 3.31. The highest BCUT2D eigenvalue weighted by molar-refractivity contribution is 6.06. The maximum Gasteiger partial charge on any atom is 0.302 e. The third-order valence-corrected chi connectivity index (χ3v) is 12.3. The molecule has 0 aromatic heterocycles. The molecule has 6 nitrogen and oxygen atoms in total. The van der Waals surface area contributed by atoms with E-state index in [1.165, 1.54) is 44.8 Å². The van der Waals surface area contributed by atoms with E-state index in [0.29, 0.717) is 30.1 Å². The van der Waals surface area contributed by atoms with E-state index in [1.54, 1.807) is 7.11 Å². The Morgan fingerprint density at radius 2 is 1.79 bits per heavy atom. The molecule has 5 aliphatic rings. The minimum Gasteiger partial charge on any atom is -0.493 e. The molecule has 1 saturated heterocycles. The Labute approximate surface area is 258 Å². The Kier molecular flexibility index (Phi) is 8.29. The van der Waals surface area contributed by atoms with Gasteiger partial charge < -0.3 is 18.7 Å². The van der Waals surface area contributed by atoms with Crippen LogP contribution < -0.4 is 9.47 Å². The zero-order chi connectivity index (χ0) is 30.4. The number of Topliss-reactive ketones (excluding diaryl/α,β-unsaturated/α-hetero) is 1. The number of esters is 1. The summed E-state index contributed by atoms with van der Waals surface area (Å²) >= 11 is 0. The number of fused-ring (bicyclic) bond motifs is 5. The second-order valence-corrected chi connectivity index (χ2v) is 15.0. The lowest BCUT2D eigenvalue weighted by atomic mass is 9.48. The monoisotopic (exact) mass is 590 g/mol. The molecule has 6 atom stereocenters. The normalized spacial score (nSPS) is 35.8. The molecule has 1 aromatic rings. The van der Waals surface area contributed by atoms with Crippen molar-refractivity contribution in [3.8, 4) is 11.5 Å². The number of benzene rings is 1. The van der Waals surface area contributed by atoms with E-state index in [1.807, 2.05) is 12.1 Å². The number of quaternary nitrogens is 1. The van der Waals surface area contributed by atoms with Crippen molar-refractivity contribution in [2.24, 2.45) is 28.6 Å². The zero-order valence-electron chi connectivity index (χ0n) is 27.1. The topological polar surface area (TPSA) is 61.8 Å². The first-order valence-corrected chi connectivity index (χ1v) is 16.8. The van der Waals surface area contributed by atoms with E-state index in [9.17, 15) is 9.59 Å². The number of carbonyl (C=O) groups excluding carboxylic acids is 2. The average Bonchev–Trinajstić information content (AvgIpc) is 3.23. The van der Waals surface area contributed by atoms with E-state index >= 15 is 0 Å². The summed E-state index contributed by atoms with van der Waals surface area (Å²) in [6.07, 6.45) is 15.3. The van der Waals surface area contributed by atoms with Gasteiger partial charge in [0.05, 0.1) is 27.2 Å². The summed E-state index contributed by atoms with van der Waals surface area (Å²) in [6.45, 7) is 10.3. The molecule has 6 rings (SSSR count). The van der Waals surface area contributed by atoms with Crippen LogP contribution >= 0.6 is 0 Å². The SMILES string of the molecule is COc1cc(/C=C2\C[C@H]3[C@@H]4CC=C5C[C@@H](OC(C)=O)CC[C@]5(C)[C@H]4CC[C@]3(C)C2=O)ccc1OCC[N+]1(C)CCCCC1. The summed E-state index contributed by atoms with van der Waals surface area (Å²) in [5, 5.41) is 0. The van der Waals surface area contributed by atoms with Crippen LogP contribution in [0.2, 0.25) is 0 Å². The molecule has 0 spiro atoms. The standard InChI is InChI=1S/C37H52NO5/c1-25(39)43-29-13-15-36(2)28(24-29)10-11-30-31(36)14-16-37(3)32(30)23-27(35(37)40)21-26-9-12-33(34(22-26)41-5)42-20-19-38(4)17-7-6-8-18-38/h9-10,12,21-22,29-32H,6-8,11,13-20,23-24H2,1-5H3/q+1/b27-21+/t29-,30+,31-,32-,36-,37-/m0/s1. The van der Waals surface area contributed by atoms with Crippen molar-refractivity contribution in [2.75, 3.05) is 40.4 Å². The summed E-state index contributed by atoms with van der Waals surface area (Å²) in [5.74, 6) is 3.14. The van der Waals surface area contributed by atoms with E-state index in [2.05, 4.69) is 39.1 Å². The molecular weight excluding hydrogens is 538 g/mol. The van der Waals surface area contributed by atoms with E-state index in [-0.39, 0.29) is 22.9 Å². The van der Waals surface area contributed by atoms with Crippen molar-refractivity contribution in [3.05, 3.63) is 41.0 Å². The van der Waals surface area contributed by atoms with Crippen LogP contribution in [-0.4, -0.2) is 62.7 Å². The first kappa shape index (κ1) is 30.4. The smallest absolute Gasteiger partial charge is 0.302 e. The lowest BCUT2D eigenvalue weighted by Crippen LogP contribution is -2.50. The summed E-state index contributed by atoms with van der Waals surface area (Å²) in [6, 6.07) is 6.10. The number of rotatable bonds is 7. The van der Waals surface area contributed by atoms with Crippen LogP contribution in [0.25, 0.3) is 6.08 Å². The zero-order valence-corrected chi connectivity index (χ0v) is 27.1. The number of carbonyl (C=O) groups is 2. The van der Waals surface area contributed by atoms with Gasteiger partial charge in [-0.3, -0.25) is 9.59 Å². The molecule has 43 heavy (non-hydrogen) atoms. The van der Waals surface area contributed by atoms with Gasteiger partial charge in [-0.25, -0.2) is 0 Å². The molecule has 234 valence electrons. The van der Waals surface area contributed by atoms with Crippen molar-refractivity contribution < 1.29 is 28.3 Å². The van der Waals surface area contributed by atoms with Gasteiger partial charge >= 0.3 is 5.97 Å². The van der Waals surface area contributed by atoms with Crippen LogP contribution in [0.15, 0.2) is 35.4 Å². The highest BCUT2D eigenvalue weighted by Gasteiger charge is 2.60. The number of likely N-dealkylation sites (N-methyl/N-ethyl adjacent to an activating group) is 1. The number of allylic oxidation sites excluding steroid dienone is 2. The van der Waals surface area contributed by atoms with E-state index < -0.39 is 0 Å². The molecule has 4 fully saturated rings. The van der Waals surface area contributed by atoms with Gasteiger partial charge in [0.1, 0.15) is 19.3 Å². The van der Waals surface area contributed by atoms with Crippen LogP contribution in [-0.2, 0) is 14.3 Å². The molecule has 1 aliphatic heterocycles. The highest BCUT2D eigenvalue weighted by Crippen LogP contribution is 2.65. The van der Waals surface area contributed by atoms with Crippen molar-refractivity contribution in [2.45, 2.75) is 91.1 Å². The Balaban J connectivity index is 1.16. The van der Waals surface area contributed by atoms with Crippen LogP contribution in [0.4, 0.5) is 0 Å². The number of ether oxygens (including phenoxy) is 3. The minimum absolute atomic E-state index is 0.0120. The van der Waals surface area contributed by atoms with Gasteiger partial charge in [0.25, 0.3) is 0 Å². The quantitative estimate of drug-likeness (QED) is 0.146. The molecule has 0 bridgehead atoms. The van der Waals surface area contributed by atoms with Gasteiger partial charge in [-0.05, 0) is 110 Å². The molecule has 0 radical (unpaired) electrons. The fraction of sp³-hybridized carbons (Fsp3) is 0.676. The van der Waals surface area contributed by atoms with Gasteiger partial charge in [-0.15, -0.1) is 0 Å². The molecule has 0 unspecified atom stereocenters. The van der Waals surface area contributed by atoms with Crippen molar-refractivity contribution in [1.29, 1.82) is 0 Å². The number of likely N-dealkylation sites (tertiary alicyclic amines) is 1. The van der Waals surface area contributed by atoms with Crippen LogP contribution in [0, 0.1) is 28.6 Å². The van der Waals surface area contributed by atoms with Gasteiger partial charge in [0, 0.05) is 18.8 Å². The Hall–Kier alpha value is -2.60. The van der Waals surface area contributed by atoms with Crippen LogP contribution in [0.1, 0.15) is 90.5 Å². The maximum atomic E-state index is 14.0. The van der Waals surface area contributed by atoms with Crippen LogP contribution in [0.5, 0.6) is 11.5 Å². The molecule has 1 heterocycles. The lowest BCUT2D eigenvalue weighted by molar-refractivity contribution is -0.914. The van der Waals surface area contributed by atoms with E-state index in [4.69, 9.17) is 14.2 Å². The average molecular weight is 591 g/mol. The lowest BCUT2D eigenvalue weighted by Gasteiger charge is -2.56. The molecule has 3 saturated carbocycles. The van der Waals surface area contributed by atoms with Crippen molar-refractivity contribution in [1.82, 2.24) is 0 Å². The highest BCUT2D eigenvalue weighted by atomic mass is 16.5. The van der Waals surface area contributed by atoms with Crippen molar-refractivity contribution >= 4 is 17.8 Å². The van der Waals surface area contributed by atoms with E-state index in [0.717, 1.165) is 78.6 Å². The molecule has 0 amide bonds. The number of nitrogens with zero attached hydrogens (tertiary/aromatic N) is 1. The maximum absolute atomic E-state index is 14.0. The number of hydrogen-bond donors (Lipinski definition) is 0. The van der Waals surface area contributed by atoms with Crippen molar-refractivity contribution in [3.63, 3.8) is 0 Å². The van der Waals surface area contributed by atoms with Gasteiger partial charge in [0.15, 0.2) is 17.3 Å². The first-order chi connectivity index (χ1) is 20.5. The van der Waals surface area contributed by atoms with Gasteiger partial charge in [-0.2, -0.15) is 0 Å². The van der Waals surface area contributed by atoms with Gasteiger partial charge in [0.2, 0.25) is 0 Å². The Morgan fingerprint density at radius 3 is 2.53 bits per heavy atom. The number of methoxy groups -OCH3 is 1. The Bertz CT molecular complexity index is 1310. The predicted molar refractivity (Wildman–Crippen MR) is 169 cm³/mol. The number of hydrogen-bond acceptors (Lipinski definition) is 5. The number of ketones is 1. The number of piperidine rings is 1. The summed E-state index contributed by atoms with van der Waals surface area (Å²) in [7, 11) is 4.03. The first-order valence-electron chi connectivity index (χ1n) is 16.8. The molecule has 1 aromatic carbocycles. The molecule has 6 heteroatoms. The second-order valence-electron chi connectivity index (χ2n) is 15.0. The van der Waals surface area contributed by atoms with Gasteiger partial charge in [-0.1, -0.05) is 31.6 Å². The second kappa shape index (κ2) is 11.7. The summed E-state index contributed by atoms with van der Waals surface area (Å²) < 4.78 is 18.7. The minimum atomic E-state index is -0.287. The molecule has 4 aliphatic carbocycles. The predicted octanol–water partition coefficient (Wildman–Crippen LogP) is 7.16. The third-order valence-electron chi connectivity index (χ3n) is 12.3. The Morgan fingerprint density at radius 1 is 1.02 bits per heavy atom. The largest absolute Gasteiger partial charge is 0.493 e. The molecule has 0 N–H and O–H groups in total.